The molecule has 0 unspecified atom stereocenters. The summed E-state index contributed by atoms with van der Waals surface area (Å²) in [5.74, 6) is -0.649. The Balaban J connectivity index is 1.63. The average Bonchev–Trinajstić information content (AvgIpc) is 3.01. The molecule has 1 N–H and O–H groups in total. The van der Waals surface area contributed by atoms with Gasteiger partial charge in [0.15, 0.2) is 5.65 Å². The van der Waals surface area contributed by atoms with Crippen molar-refractivity contribution in [2.45, 2.75) is 13.5 Å². The normalized spacial score (nSPS) is 11.0. The first kappa shape index (κ1) is 18.8. The van der Waals surface area contributed by atoms with Gasteiger partial charge >= 0.3 is 5.69 Å². The minimum atomic E-state index is -0.589. The fraction of sp³-hybridized carbons (Fsp3) is 0.105. The topological polar surface area (TPSA) is 94.2 Å². The van der Waals surface area contributed by atoms with Crippen LogP contribution in [-0.2, 0) is 11.3 Å². The second-order valence-electron chi connectivity index (χ2n) is 6.24. The highest BCUT2D eigenvalue weighted by Gasteiger charge is 2.15. The van der Waals surface area contributed by atoms with Crippen LogP contribution >= 0.6 is 11.6 Å². The number of aromatic nitrogens is 5. The summed E-state index contributed by atoms with van der Waals surface area (Å²) in [7, 11) is 0. The van der Waals surface area contributed by atoms with Crippen molar-refractivity contribution in [1.82, 2.24) is 24.1 Å². The second-order valence-corrected chi connectivity index (χ2v) is 6.64. The molecule has 8 nitrogen and oxygen atoms in total. The van der Waals surface area contributed by atoms with Crippen LogP contribution in [0.4, 0.5) is 10.1 Å². The van der Waals surface area contributed by atoms with Crippen molar-refractivity contribution < 1.29 is 9.18 Å². The summed E-state index contributed by atoms with van der Waals surface area (Å²) >= 11 is 5.71. The van der Waals surface area contributed by atoms with E-state index in [4.69, 9.17) is 11.6 Å². The SMILES string of the molecule is Cc1nc(-c2ccncc2)cc2nn(CC(=O)Nc3ccc(F)c(Cl)c3)c(=O)n12. The van der Waals surface area contributed by atoms with Gasteiger partial charge in [-0.15, -0.1) is 5.10 Å². The number of halogens is 2. The number of nitrogens with zero attached hydrogens (tertiary/aromatic N) is 5. The molecule has 0 saturated carbocycles. The number of benzene rings is 1. The van der Waals surface area contributed by atoms with Crippen molar-refractivity contribution in [1.29, 1.82) is 0 Å². The Hall–Kier alpha value is -3.59. The minimum absolute atomic E-state index is 0.113. The Morgan fingerprint density at radius 1 is 1.21 bits per heavy atom. The van der Waals surface area contributed by atoms with Gasteiger partial charge in [0.2, 0.25) is 5.91 Å². The van der Waals surface area contributed by atoms with Gasteiger partial charge < -0.3 is 5.32 Å². The van der Waals surface area contributed by atoms with E-state index in [1.54, 1.807) is 37.5 Å². The number of anilines is 1. The van der Waals surface area contributed by atoms with E-state index in [1.807, 2.05) is 0 Å². The Morgan fingerprint density at radius 3 is 2.69 bits per heavy atom. The number of carbonyl (C=O) groups excluding carboxylic acids is 1. The van der Waals surface area contributed by atoms with Gasteiger partial charge in [0.25, 0.3) is 0 Å². The van der Waals surface area contributed by atoms with Crippen LogP contribution in [0.25, 0.3) is 16.9 Å². The lowest BCUT2D eigenvalue weighted by molar-refractivity contribution is -0.117. The molecule has 0 aliphatic rings. The molecule has 1 amide bonds. The van der Waals surface area contributed by atoms with Crippen molar-refractivity contribution in [2.75, 3.05) is 5.32 Å². The van der Waals surface area contributed by atoms with Crippen LogP contribution in [0.3, 0.4) is 0 Å². The van der Waals surface area contributed by atoms with Crippen LogP contribution in [0.15, 0.2) is 53.6 Å². The van der Waals surface area contributed by atoms with E-state index in [2.05, 4.69) is 20.4 Å². The summed E-state index contributed by atoms with van der Waals surface area (Å²) < 4.78 is 15.6. The smallest absolute Gasteiger partial charge is 0.324 e. The van der Waals surface area contributed by atoms with Crippen LogP contribution in [0.1, 0.15) is 5.82 Å². The molecule has 0 saturated heterocycles. The highest BCUT2D eigenvalue weighted by Crippen LogP contribution is 2.19. The molecular weight excluding hydrogens is 399 g/mol. The Kier molecular flexibility index (Phi) is 4.81. The minimum Gasteiger partial charge on any atom is -0.324 e. The fourth-order valence-electron chi connectivity index (χ4n) is 2.89. The molecule has 10 heteroatoms. The fourth-order valence-corrected chi connectivity index (χ4v) is 3.07. The summed E-state index contributed by atoms with van der Waals surface area (Å²) in [6.45, 7) is 1.37. The maximum atomic E-state index is 13.2. The Labute approximate surface area is 168 Å². The van der Waals surface area contributed by atoms with E-state index < -0.39 is 17.4 Å². The van der Waals surface area contributed by atoms with Gasteiger partial charge in [0.1, 0.15) is 18.2 Å². The number of carbonyl (C=O) groups is 1. The number of nitrogens with one attached hydrogen (secondary N) is 1. The molecule has 0 aliphatic carbocycles. The molecule has 146 valence electrons. The maximum Gasteiger partial charge on any atom is 0.352 e. The van der Waals surface area contributed by atoms with Crippen LogP contribution in [0.5, 0.6) is 0 Å². The van der Waals surface area contributed by atoms with E-state index in [1.165, 1.54) is 16.5 Å². The zero-order valence-electron chi connectivity index (χ0n) is 15.1. The molecule has 4 rings (SSSR count). The summed E-state index contributed by atoms with van der Waals surface area (Å²) in [6.07, 6.45) is 3.29. The van der Waals surface area contributed by atoms with Gasteiger partial charge in [-0.2, -0.15) is 0 Å². The molecule has 29 heavy (non-hydrogen) atoms. The lowest BCUT2D eigenvalue weighted by atomic mass is 10.2. The van der Waals surface area contributed by atoms with Gasteiger partial charge in [-0.05, 0) is 37.3 Å². The predicted octanol–water partition coefficient (Wildman–Crippen LogP) is 2.69. The first-order valence-electron chi connectivity index (χ1n) is 8.55. The van der Waals surface area contributed by atoms with Gasteiger partial charge in [-0.1, -0.05) is 11.6 Å². The summed E-state index contributed by atoms with van der Waals surface area (Å²) in [4.78, 5) is 33.4. The van der Waals surface area contributed by atoms with Crippen molar-refractivity contribution in [2.24, 2.45) is 0 Å². The largest absolute Gasteiger partial charge is 0.352 e. The quantitative estimate of drug-likeness (QED) is 0.556. The molecule has 3 aromatic heterocycles. The summed E-state index contributed by atoms with van der Waals surface area (Å²) in [5.41, 5.74) is 1.67. The van der Waals surface area contributed by atoms with Crippen LogP contribution in [-0.4, -0.2) is 30.1 Å². The van der Waals surface area contributed by atoms with E-state index in [0.29, 0.717) is 22.9 Å². The molecule has 0 atom stereocenters. The first-order valence-corrected chi connectivity index (χ1v) is 8.93. The van der Waals surface area contributed by atoms with Gasteiger partial charge in [-0.25, -0.2) is 23.3 Å². The number of rotatable bonds is 4. The van der Waals surface area contributed by atoms with E-state index in [0.717, 1.165) is 16.3 Å². The number of pyridine rings is 1. The van der Waals surface area contributed by atoms with Crippen LogP contribution < -0.4 is 11.0 Å². The Morgan fingerprint density at radius 2 is 1.97 bits per heavy atom. The second kappa shape index (κ2) is 7.44. The highest BCUT2D eigenvalue weighted by molar-refractivity contribution is 6.31. The molecule has 0 radical (unpaired) electrons. The monoisotopic (exact) mass is 412 g/mol. The van der Waals surface area contributed by atoms with Crippen molar-refractivity contribution in [3.8, 4) is 11.3 Å². The molecular formula is C19H14ClFN6O2. The highest BCUT2D eigenvalue weighted by atomic mass is 35.5. The average molecular weight is 413 g/mol. The van der Waals surface area contributed by atoms with Crippen molar-refractivity contribution in [3.05, 3.63) is 75.9 Å². The number of hydrogen-bond acceptors (Lipinski definition) is 5. The maximum absolute atomic E-state index is 13.2. The lowest BCUT2D eigenvalue weighted by Gasteiger charge is -2.05. The molecule has 0 aliphatic heterocycles. The van der Waals surface area contributed by atoms with Gasteiger partial charge in [0.05, 0.1) is 10.7 Å². The third kappa shape index (κ3) is 3.72. The van der Waals surface area contributed by atoms with Crippen molar-refractivity contribution in [3.63, 3.8) is 0 Å². The number of amides is 1. The van der Waals surface area contributed by atoms with Crippen LogP contribution in [0, 0.1) is 12.7 Å². The van der Waals surface area contributed by atoms with E-state index in [-0.39, 0.29) is 11.6 Å². The zero-order valence-corrected chi connectivity index (χ0v) is 15.9. The number of fused-ring (bicyclic) bond motifs is 1. The predicted molar refractivity (Wildman–Crippen MR) is 105 cm³/mol. The third-order valence-corrected chi connectivity index (χ3v) is 4.50. The van der Waals surface area contributed by atoms with Gasteiger partial charge in [0, 0.05) is 29.7 Å². The molecule has 1 aromatic carbocycles. The molecule has 0 spiro atoms. The lowest BCUT2D eigenvalue weighted by Crippen LogP contribution is -2.28. The van der Waals surface area contributed by atoms with Crippen LogP contribution in [0.2, 0.25) is 5.02 Å². The Bertz CT molecular complexity index is 1290. The van der Waals surface area contributed by atoms with E-state index >= 15 is 0 Å². The summed E-state index contributed by atoms with van der Waals surface area (Å²) in [6, 6.07) is 9.07. The molecule has 4 aromatic rings. The van der Waals surface area contributed by atoms with E-state index in [9.17, 15) is 14.0 Å². The number of hydrogen-bond donors (Lipinski definition) is 1. The van der Waals surface area contributed by atoms with Gasteiger partial charge in [-0.3, -0.25) is 9.78 Å². The summed E-state index contributed by atoms with van der Waals surface area (Å²) in [5, 5.41) is 6.68. The molecule has 0 bridgehead atoms. The third-order valence-electron chi connectivity index (χ3n) is 4.21. The number of aryl methyl sites for hydroxylation is 1. The van der Waals surface area contributed by atoms with Crippen molar-refractivity contribution >= 4 is 28.8 Å². The zero-order chi connectivity index (χ0) is 20.5. The standard InChI is InChI=1S/C19H14ClFN6O2/c1-11-23-16(12-4-6-22-7-5-12)9-17-25-26(19(29)27(11)17)10-18(28)24-13-2-3-15(21)14(20)8-13/h2-9H,10H2,1H3,(H,24,28). The molecule has 0 fully saturated rings. The molecule has 3 heterocycles. The first-order chi connectivity index (χ1) is 13.9.